The summed E-state index contributed by atoms with van der Waals surface area (Å²) in [6, 6.07) is 4.92. The number of amides is 2. The summed E-state index contributed by atoms with van der Waals surface area (Å²) < 4.78 is 0. The predicted molar refractivity (Wildman–Crippen MR) is 91.9 cm³/mol. The summed E-state index contributed by atoms with van der Waals surface area (Å²) in [5.74, 6) is -0.594. The molecule has 2 N–H and O–H groups in total. The number of fused-ring (bicyclic) bond motifs is 1. The highest BCUT2D eigenvalue weighted by molar-refractivity contribution is 7.11. The van der Waals surface area contributed by atoms with Crippen molar-refractivity contribution in [3.63, 3.8) is 0 Å². The second-order valence-electron chi connectivity index (χ2n) is 5.82. The van der Waals surface area contributed by atoms with Crippen LogP contribution in [0.2, 0.25) is 0 Å². The summed E-state index contributed by atoms with van der Waals surface area (Å²) in [7, 11) is 0. The molecule has 0 fully saturated rings. The maximum absolute atomic E-state index is 12.0. The molecule has 2 amide bonds. The van der Waals surface area contributed by atoms with Gasteiger partial charge in [0, 0.05) is 11.1 Å². The predicted octanol–water partition coefficient (Wildman–Crippen LogP) is 2.02. The highest BCUT2D eigenvalue weighted by atomic mass is 32.1. The van der Waals surface area contributed by atoms with Gasteiger partial charge in [0.05, 0.1) is 18.3 Å². The van der Waals surface area contributed by atoms with Crippen LogP contribution in [-0.2, 0) is 17.6 Å². The largest absolute Gasteiger partial charge is 0.346 e. The van der Waals surface area contributed by atoms with Gasteiger partial charge in [-0.1, -0.05) is 6.07 Å². The molecule has 0 spiro atoms. The number of nitrogens with one attached hydrogen (secondary N) is 2. The average molecular weight is 344 g/mol. The van der Waals surface area contributed by atoms with Crippen molar-refractivity contribution in [2.45, 2.75) is 38.6 Å². The number of aryl methyl sites for hydroxylation is 2. The highest BCUT2D eigenvalue weighted by Gasteiger charge is 2.19. The molecule has 7 heteroatoms. The number of aromatic nitrogens is 2. The van der Waals surface area contributed by atoms with E-state index in [1.54, 1.807) is 35.7 Å². The Bertz CT molecular complexity index is 706. The summed E-state index contributed by atoms with van der Waals surface area (Å²) >= 11 is 1.68. The van der Waals surface area contributed by atoms with E-state index in [9.17, 15) is 9.59 Å². The van der Waals surface area contributed by atoms with Crippen LogP contribution in [0.3, 0.4) is 0 Å². The van der Waals surface area contributed by atoms with Crippen molar-refractivity contribution in [3.05, 3.63) is 45.7 Å². The van der Waals surface area contributed by atoms with Crippen molar-refractivity contribution in [1.29, 1.82) is 0 Å². The van der Waals surface area contributed by atoms with Crippen molar-refractivity contribution >= 4 is 23.2 Å². The molecule has 0 radical (unpaired) electrons. The van der Waals surface area contributed by atoms with Crippen molar-refractivity contribution < 1.29 is 9.59 Å². The number of hydrogen-bond donors (Lipinski definition) is 2. The molecule has 6 nitrogen and oxygen atoms in total. The van der Waals surface area contributed by atoms with Gasteiger partial charge >= 0.3 is 0 Å². The minimum Gasteiger partial charge on any atom is -0.346 e. The zero-order valence-electron chi connectivity index (χ0n) is 13.5. The molecule has 0 bridgehead atoms. The monoisotopic (exact) mass is 344 g/mol. The van der Waals surface area contributed by atoms with E-state index >= 15 is 0 Å². The Morgan fingerprint density at radius 1 is 1.29 bits per heavy atom. The van der Waals surface area contributed by atoms with E-state index in [0.29, 0.717) is 5.69 Å². The molecule has 126 valence electrons. The number of hydrogen-bond acceptors (Lipinski definition) is 5. The third-order valence-corrected chi connectivity index (χ3v) is 5.26. The number of nitrogens with zero attached hydrogens (tertiary/aromatic N) is 2. The average Bonchev–Trinajstić information content (AvgIpc) is 3.05. The summed E-state index contributed by atoms with van der Waals surface area (Å²) in [6.07, 6.45) is 6.08. The zero-order valence-corrected chi connectivity index (χ0v) is 14.4. The molecular formula is C17H20N4O2S. The highest BCUT2D eigenvalue weighted by Crippen LogP contribution is 2.29. The molecule has 0 saturated carbocycles. The van der Waals surface area contributed by atoms with Gasteiger partial charge in [-0.15, -0.1) is 11.3 Å². The molecule has 1 aliphatic rings. The fourth-order valence-corrected chi connectivity index (χ4v) is 3.82. The molecule has 2 heterocycles. The number of carbonyl (C=O) groups is 2. The SMILES string of the molecule is C[C@H](NC(=O)CNC(=O)c1ccccn1)c1nc2c(s1)CCCC2. The lowest BCUT2D eigenvalue weighted by Crippen LogP contribution is -2.38. The maximum Gasteiger partial charge on any atom is 0.270 e. The molecule has 24 heavy (non-hydrogen) atoms. The first-order chi connectivity index (χ1) is 11.6. The van der Waals surface area contributed by atoms with Gasteiger partial charge in [-0.2, -0.15) is 0 Å². The van der Waals surface area contributed by atoms with Crippen LogP contribution in [0.25, 0.3) is 0 Å². The van der Waals surface area contributed by atoms with Gasteiger partial charge in [0.25, 0.3) is 5.91 Å². The quantitative estimate of drug-likeness (QED) is 0.869. The summed E-state index contributed by atoms with van der Waals surface area (Å²) in [6.45, 7) is 1.84. The molecule has 0 unspecified atom stereocenters. The molecular weight excluding hydrogens is 324 g/mol. The second kappa shape index (κ2) is 7.53. The van der Waals surface area contributed by atoms with Crippen LogP contribution in [0.4, 0.5) is 0 Å². The molecule has 0 saturated heterocycles. The van der Waals surface area contributed by atoms with Gasteiger partial charge in [0.15, 0.2) is 0 Å². The molecule has 0 aromatic carbocycles. The Hall–Kier alpha value is -2.28. The number of thiazole rings is 1. The standard InChI is InChI=1S/C17H20N4O2S/c1-11(17-21-12-6-2-3-8-14(12)24-17)20-15(22)10-19-16(23)13-7-4-5-9-18-13/h4-5,7,9,11H,2-3,6,8,10H2,1H3,(H,19,23)(H,20,22)/t11-/m0/s1. The van der Waals surface area contributed by atoms with E-state index in [4.69, 9.17) is 0 Å². The Morgan fingerprint density at radius 3 is 2.88 bits per heavy atom. The van der Waals surface area contributed by atoms with E-state index in [1.807, 2.05) is 6.92 Å². The van der Waals surface area contributed by atoms with Crippen LogP contribution in [0, 0.1) is 0 Å². The normalized spacial score (nSPS) is 14.5. The Morgan fingerprint density at radius 2 is 2.12 bits per heavy atom. The minimum atomic E-state index is -0.358. The van der Waals surface area contributed by atoms with Gasteiger partial charge < -0.3 is 10.6 Å². The van der Waals surface area contributed by atoms with Crippen LogP contribution in [0.15, 0.2) is 24.4 Å². The van der Waals surface area contributed by atoms with Gasteiger partial charge in [-0.3, -0.25) is 14.6 Å². The van der Waals surface area contributed by atoms with Gasteiger partial charge in [0.1, 0.15) is 10.7 Å². The number of carbonyl (C=O) groups excluding carboxylic acids is 2. The van der Waals surface area contributed by atoms with Crippen LogP contribution < -0.4 is 10.6 Å². The van der Waals surface area contributed by atoms with Gasteiger partial charge in [-0.05, 0) is 44.7 Å². The number of rotatable bonds is 5. The smallest absolute Gasteiger partial charge is 0.270 e. The Balaban J connectivity index is 1.51. The zero-order chi connectivity index (χ0) is 16.9. The number of pyridine rings is 1. The lowest BCUT2D eigenvalue weighted by Gasteiger charge is -2.11. The lowest BCUT2D eigenvalue weighted by molar-refractivity contribution is -0.120. The van der Waals surface area contributed by atoms with Crippen molar-refractivity contribution in [3.8, 4) is 0 Å². The van der Waals surface area contributed by atoms with Gasteiger partial charge in [0.2, 0.25) is 5.91 Å². The fraction of sp³-hybridized carbons (Fsp3) is 0.412. The van der Waals surface area contributed by atoms with E-state index < -0.39 is 0 Å². The van der Waals surface area contributed by atoms with Crippen LogP contribution >= 0.6 is 11.3 Å². The van der Waals surface area contributed by atoms with Crippen LogP contribution in [0.1, 0.15) is 51.9 Å². The first-order valence-corrected chi connectivity index (χ1v) is 8.92. The van der Waals surface area contributed by atoms with Crippen molar-refractivity contribution in [2.24, 2.45) is 0 Å². The van der Waals surface area contributed by atoms with E-state index in [-0.39, 0.29) is 24.4 Å². The molecule has 1 aliphatic carbocycles. The molecule has 3 rings (SSSR count). The van der Waals surface area contributed by atoms with Crippen molar-refractivity contribution in [1.82, 2.24) is 20.6 Å². The third kappa shape index (κ3) is 3.97. The summed E-state index contributed by atoms with van der Waals surface area (Å²) in [5, 5.41) is 6.40. The van der Waals surface area contributed by atoms with Gasteiger partial charge in [-0.25, -0.2) is 4.98 Å². The summed E-state index contributed by atoms with van der Waals surface area (Å²) in [4.78, 5) is 33.9. The Labute approximate surface area is 144 Å². The first-order valence-electron chi connectivity index (χ1n) is 8.10. The maximum atomic E-state index is 12.0. The third-order valence-electron chi connectivity index (χ3n) is 3.92. The van der Waals surface area contributed by atoms with Crippen molar-refractivity contribution in [2.75, 3.05) is 6.54 Å². The van der Waals surface area contributed by atoms with E-state index in [2.05, 4.69) is 20.6 Å². The van der Waals surface area contributed by atoms with E-state index in [1.165, 1.54) is 23.4 Å². The van der Waals surface area contributed by atoms with Crippen LogP contribution in [-0.4, -0.2) is 28.3 Å². The second-order valence-corrected chi connectivity index (χ2v) is 6.93. The molecule has 1 atom stereocenters. The minimum absolute atomic E-state index is 0.0785. The topological polar surface area (TPSA) is 84.0 Å². The lowest BCUT2D eigenvalue weighted by atomic mass is 10.0. The summed E-state index contributed by atoms with van der Waals surface area (Å²) in [5.41, 5.74) is 1.48. The van der Waals surface area contributed by atoms with Crippen LogP contribution in [0.5, 0.6) is 0 Å². The fourth-order valence-electron chi connectivity index (χ4n) is 2.66. The first kappa shape index (κ1) is 16.6. The molecule has 2 aromatic rings. The Kier molecular flexibility index (Phi) is 5.20. The molecule has 2 aromatic heterocycles. The van der Waals surface area contributed by atoms with E-state index in [0.717, 1.165) is 17.8 Å². The molecule has 0 aliphatic heterocycles.